The van der Waals surface area contributed by atoms with Gasteiger partial charge < -0.3 is 24.7 Å². The van der Waals surface area contributed by atoms with Gasteiger partial charge in [0.05, 0.1) is 23.8 Å². The van der Waals surface area contributed by atoms with Crippen LogP contribution in [0.1, 0.15) is 97.5 Å². The number of carbonyl (C=O) groups is 5. The van der Waals surface area contributed by atoms with Gasteiger partial charge in [0.15, 0.2) is 6.29 Å². The molecule has 1 aliphatic rings. The first-order chi connectivity index (χ1) is 19.9. The zero-order chi connectivity index (χ0) is 29.8. The normalized spacial score (nSPS) is 14.5. The summed E-state index contributed by atoms with van der Waals surface area (Å²) in [6, 6.07) is 4.40. The van der Waals surface area contributed by atoms with E-state index < -0.39 is 11.9 Å². The van der Waals surface area contributed by atoms with Crippen molar-refractivity contribution in [2.45, 2.75) is 83.8 Å². The first-order valence-electron chi connectivity index (χ1n) is 14.7. The minimum absolute atomic E-state index is 0.124. The van der Waals surface area contributed by atoms with Gasteiger partial charge in [-0.3, -0.25) is 19.1 Å². The molecule has 0 radical (unpaired) electrons. The highest BCUT2D eigenvalue weighted by molar-refractivity contribution is 6.06. The number of aldehydes is 3. The molecule has 0 bridgehead atoms. The molecule has 222 valence electrons. The van der Waals surface area contributed by atoms with Gasteiger partial charge in [-0.05, 0) is 38.2 Å². The number of nitrogens with one attached hydrogen (secondary N) is 1. The molecule has 0 aliphatic carbocycles. The first kappa shape index (κ1) is 31.7. The number of likely N-dealkylation sites (N-methyl/N-ethyl adjacent to an activating group) is 1. The van der Waals surface area contributed by atoms with E-state index in [0.29, 0.717) is 31.1 Å². The Labute approximate surface area is 242 Å². The van der Waals surface area contributed by atoms with Crippen molar-refractivity contribution in [1.82, 2.24) is 19.6 Å². The molecule has 1 aromatic heterocycles. The summed E-state index contributed by atoms with van der Waals surface area (Å²) in [5.41, 5.74) is 1.77. The van der Waals surface area contributed by atoms with E-state index in [2.05, 4.69) is 24.3 Å². The smallest absolute Gasteiger partial charge is 0.257 e. The van der Waals surface area contributed by atoms with E-state index in [4.69, 9.17) is 0 Å². The summed E-state index contributed by atoms with van der Waals surface area (Å²) >= 11 is 0. The van der Waals surface area contributed by atoms with E-state index in [1.165, 1.54) is 11.9 Å². The summed E-state index contributed by atoms with van der Waals surface area (Å²) in [6.07, 6.45) is 11.7. The van der Waals surface area contributed by atoms with Crippen molar-refractivity contribution in [3.05, 3.63) is 47.3 Å². The van der Waals surface area contributed by atoms with Crippen molar-refractivity contribution in [3.8, 4) is 0 Å². The molecule has 10 nitrogen and oxygen atoms in total. The summed E-state index contributed by atoms with van der Waals surface area (Å²) in [6.45, 7) is 6.09. The van der Waals surface area contributed by atoms with Gasteiger partial charge >= 0.3 is 0 Å². The number of likely N-dealkylation sites (tertiary alicyclic amines) is 1. The molecule has 41 heavy (non-hydrogen) atoms. The van der Waals surface area contributed by atoms with Crippen LogP contribution in [0.5, 0.6) is 0 Å². The molecule has 0 spiro atoms. The third kappa shape index (κ3) is 8.11. The van der Waals surface area contributed by atoms with E-state index in [9.17, 15) is 24.0 Å². The Bertz CT molecular complexity index is 1180. The summed E-state index contributed by atoms with van der Waals surface area (Å²) in [5, 5.41) is 7.83. The Kier molecular flexibility index (Phi) is 12.2. The number of aromatic nitrogens is 2. The van der Waals surface area contributed by atoms with Crippen LogP contribution in [-0.2, 0) is 20.9 Å². The van der Waals surface area contributed by atoms with E-state index in [1.807, 2.05) is 15.8 Å². The quantitative estimate of drug-likeness (QED) is 0.301. The number of piperidine rings is 1. The number of amides is 2. The Balaban J connectivity index is 1.65. The molecule has 1 fully saturated rings. The first-order valence-corrected chi connectivity index (χ1v) is 14.7. The highest BCUT2D eigenvalue weighted by Gasteiger charge is 2.29. The van der Waals surface area contributed by atoms with Crippen LogP contribution in [0.3, 0.4) is 0 Å². The largest absolute Gasteiger partial charge is 0.380 e. The molecule has 2 heterocycles. The third-order valence-corrected chi connectivity index (χ3v) is 7.90. The molecule has 0 saturated carbocycles. The number of benzene rings is 1. The van der Waals surface area contributed by atoms with Crippen molar-refractivity contribution in [1.29, 1.82) is 0 Å². The van der Waals surface area contributed by atoms with E-state index >= 15 is 0 Å². The topological polar surface area (TPSA) is 122 Å². The van der Waals surface area contributed by atoms with E-state index in [0.717, 1.165) is 57.2 Å². The number of hydrogen-bond acceptors (Lipinski definition) is 7. The van der Waals surface area contributed by atoms with Crippen LogP contribution in [0.4, 0.5) is 5.69 Å². The highest BCUT2D eigenvalue weighted by Crippen LogP contribution is 2.27. The van der Waals surface area contributed by atoms with Crippen LogP contribution in [0.2, 0.25) is 0 Å². The predicted molar refractivity (Wildman–Crippen MR) is 157 cm³/mol. The van der Waals surface area contributed by atoms with Crippen molar-refractivity contribution in [2.75, 3.05) is 25.5 Å². The summed E-state index contributed by atoms with van der Waals surface area (Å²) in [5.74, 6) is -0.0663. The number of carbonyl (C=O) groups excluding carboxylic acids is 5. The monoisotopic (exact) mass is 565 g/mol. The molecule has 1 unspecified atom stereocenters. The second kappa shape index (κ2) is 15.8. The summed E-state index contributed by atoms with van der Waals surface area (Å²) in [4.78, 5) is 63.8. The maximum absolute atomic E-state index is 13.4. The SMILES string of the molecule is CCCC(CCC)C(=O)N1CCC(n2cc(CNc3cccc(C=O)c3C(=O)N(C)C(C=O)CCC=O)cn2)CC1. The number of hydrogen-bond donors (Lipinski definition) is 1. The molecule has 10 heteroatoms. The minimum Gasteiger partial charge on any atom is -0.380 e. The minimum atomic E-state index is -0.774. The predicted octanol–water partition coefficient (Wildman–Crippen LogP) is 4.31. The Morgan fingerprint density at radius 2 is 1.80 bits per heavy atom. The average molecular weight is 566 g/mol. The van der Waals surface area contributed by atoms with Crippen LogP contribution < -0.4 is 5.32 Å². The van der Waals surface area contributed by atoms with Gasteiger partial charge in [0, 0.05) is 62.0 Å². The molecule has 1 saturated heterocycles. The number of anilines is 1. The Morgan fingerprint density at radius 3 is 2.41 bits per heavy atom. The molecular formula is C31H43N5O5. The zero-order valence-electron chi connectivity index (χ0n) is 24.5. The lowest BCUT2D eigenvalue weighted by molar-refractivity contribution is -0.137. The lowest BCUT2D eigenvalue weighted by Crippen LogP contribution is -2.42. The van der Waals surface area contributed by atoms with Crippen LogP contribution in [0, 0.1) is 5.92 Å². The third-order valence-electron chi connectivity index (χ3n) is 7.90. The van der Waals surface area contributed by atoms with Gasteiger partial charge in [-0.25, -0.2) is 0 Å². The number of rotatable bonds is 16. The van der Waals surface area contributed by atoms with E-state index in [1.54, 1.807) is 24.4 Å². The molecule has 1 aliphatic heterocycles. The standard InChI is InChI=1S/C31H43N5O5/c1-4-8-24(9-5-2)30(40)35-15-13-26(14-16-35)36-20-23(19-33-36)18-32-28-12-6-10-25(21-38)29(28)31(41)34(3)27(22-39)11-7-17-37/h6,10,12,17,19-22,24,26-27,32H,4-5,7-9,11,13-16,18H2,1-3H3. The molecule has 2 aromatic rings. The summed E-state index contributed by atoms with van der Waals surface area (Å²) in [7, 11) is 1.49. The second-order valence-corrected chi connectivity index (χ2v) is 10.8. The zero-order valence-corrected chi connectivity index (χ0v) is 24.5. The van der Waals surface area contributed by atoms with Crippen LogP contribution in [0.15, 0.2) is 30.6 Å². The van der Waals surface area contributed by atoms with Gasteiger partial charge in [0.25, 0.3) is 5.91 Å². The van der Waals surface area contributed by atoms with Crippen LogP contribution >= 0.6 is 0 Å². The summed E-state index contributed by atoms with van der Waals surface area (Å²) < 4.78 is 1.96. The van der Waals surface area contributed by atoms with Gasteiger partial charge in [-0.15, -0.1) is 0 Å². The van der Waals surface area contributed by atoms with E-state index in [-0.39, 0.29) is 41.8 Å². The Morgan fingerprint density at radius 1 is 1.10 bits per heavy atom. The van der Waals surface area contributed by atoms with Gasteiger partial charge in [-0.1, -0.05) is 38.8 Å². The van der Waals surface area contributed by atoms with Crippen molar-refractivity contribution < 1.29 is 24.0 Å². The molecule has 2 amide bonds. The fraction of sp³-hybridized carbons (Fsp3) is 0.548. The molecule has 1 aromatic carbocycles. The van der Waals surface area contributed by atoms with Crippen molar-refractivity contribution >= 4 is 36.4 Å². The average Bonchev–Trinajstić information content (AvgIpc) is 3.48. The van der Waals surface area contributed by atoms with Crippen LogP contribution in [0.25, 0.3) is 0 Å². The molecule has 1 atom stereocenters. The second-order valence-electron chi connectivity index (χ2n) is 10.8. The van der Waals surface area contributed by atoms with Gasteiger partial charge in [-0.2, -0.15) is 5.10 Å². The maximum atomic E-state index is 13.4. The lowest BCUT2D eigenvalue weighted by Gasteiger charge is -2.34. The van der Waals surface area contributed by atoms with Gasteiger partial charge in [0.2, 0.25) is 5.91 Å². The fourth-order valence-electron chi connectivity index (χ4n) is 5.54. The van der Waals surface area contributed by atoms with Crippen molar-refractivity contribution in [3.63, 3.8) is 0 Å². The highest BCUT2D eigenvalue weighted by atomic mass is 16.2. The maximum Gasteiger partial charge on any atom is 0.257 e. The van der Waals surface area contributed by atoms with Crippen molar-refractivity contribution in [2.24, 2.45) is 5.92 Å². The Hall–Kier alpha value is -3.82. The molecule has 3 rings (SSSR count). The van der Waals surface area contributed by atoms with Gasteiger partial charge in [0.1, 0.15) is 12.6 Å². The molecular weight excluding hydrogens is 522 g/mol. The fourth-order valence-corrected chi connectivity index (χ4v) is 5.54. The lowest BCUT2D eigenvalue weighted by atomic mass is 9.95. The molecule has 1 N–H and O–H groups in total. The number of nitrogens with zero attached hydrogens (tertiary/aromatic N) is 4. The van der Waals surface area contributed by atoms with Crippen LogP contribution in [-0.4, -0.2) is 76.4 Å².